The van der Waals surface area contributed by atoms with E-state index in [4.69, 9.17) is 5.73 Å². The topological polar surface area (TPSA) is 93.3 Å². The van der Waals surface area contributed by atoms with Crippen molar-refractivity contribution in [3.63, 3.8) is 0 Å². The fourth-order valence-electron chi connectivity index (χ4n) is 1.78. The Hall–Kier alpha value is -2.76. The van der Waals surface area contributed by atoms with Crippen LogP contribution in [0.5, 0.6) is 0 Å². The number of aldehydes is 1. The van der Waals surface area contributed by atoms with Crippen LogP contribution in [0.1, 0.15) is 11.6 Å². The van der Waals surface area contributed by atoms with Gasteiger partial charge in [0.05, 0.1) is 0 Å². The number of aromatic nitrogens is 2. The minimum atomic E-state index is -0.539. The van der Waals surface area contributed by atoms with Crippen molar-refractivity contribution in [1.29, 1.82) is 0 Å². The lowest BCUT2D eigenvalue weighted by molar-refractivity contribution is -0.109. The smallest absolute Gasteiger partial charge is 0.189 e. The number of benzene rings is 1. The molecule has 6 heteroatoms. The molecular weight excluding hydrogens is 254 g/mol. The van der Waals surface area contributed by atoms with Gasteiger partial charge in [-0.3, -0.25) is 4.99 Å². The first-order valence-electron chi connectivity index (χ1n) is 6.04. The van der Waals surface area contributed by atoms with Gasteiger partial charge in [0.2, 0.25) is 0 Å². The van der Waals surface area contributed by atoms with Gasteiger partial charge in [-0.15, -0.1) is 0 Å². The molecule has 20 heavy (non-hydrogen) atoms. The number of hydrogen-bond donors (Lipinski definition) is 2. The number of nitrogens with one attached hydrogen (secondary N) is 1. The second-order valence-electron chi connectivity index (χ2n) is 4.12. The van der Waals surface area contributed by atoms with Crippen LogP contribution in [-0.4, -0.2) is 29.3 Å². The first-order valence-corrected chi connectivity index (χ1v) is 6.04. The number of guanidine groups is 1. The van der Waals surface area contributed by atoms with Crippen molar-refractivity contribution >= 4 is 12.2 Å². The SMILES string of the molecule is CN=C(N)NC(C=O)c1cccc(-c2cncnc2)c1. The first-order chi connectivity index (χ1) is 9.74. The van der Waals surface area contributed by atoms with Gasteiger partial charge in [-0.25, -0.2) is 9.97 Å². The normalized spacial score (nSPS) is 12.8. The molecule has 6 nitrogen and oxygen atoms in total. The van der Waals surface area contributed by atoms with Crippen LogP contribution in [0.2, 0.25) is 0 Å². The highest BCUT2D eigenvalue weighted by Crippen LogP contribution is 2.21. The molecule has 1 aromatic heterocycles. The molecule has 0 spiro atoms. The zero-order chi connectivity index (χ0) is 14.4. The Balaban J connectivity index is 2.31. The molecule has 3 N–H and O–H groups in total. The quantitative estimate of drug-likeness (QED) is 0.489. The third-order valence-electron chi connectivity index (χ3n) is 2.82. The predicted molar refractivity (Wildman–Crippen MR) is 77.0 cm³/mol. The lowest BCUT2D eigenvalue weighted by Crippen LogP contribution is -2.35. The Morgan fingerprint density at radius 3 is 2.75 bits per heavy atom. The van der Waals surface area contributed by atoms with E-state index in [0.717, 1.165) is 23.0 Å². The molecule has 1 unspecified atom stereocenters. The Morgan fingerprint density at radius 1 is 1.35 bits per heavy atom. The maximum absolute atomic E-state index is 11.2. The van der Waals surface area contributed by atoms with Crippen LogP contribution in [0.4, 0.5) is 0 Å². The van der Waals surface area contributed by atoms with Gasteiger partial charge in [-0.05, 0) is 17.2 Å². The lowest BCUT2D eigenvalue weighted by atomic mass is 10.0. The highest BCUT2D eigenvalue weighted by Gasteiger charge is 2.11. The molecule has 1 heterocycles. The number of hydrogen-bond acceptors (Lipinski definition) is 4. The van der Waals surface area contributed by atoms with Crippen molar-refractivity contribution in [3.8, 4) is 11.1 Å². The van der Waals surface area contributed by atoms with Crippen LogP contribution in [0.15, 0.2) is 48.0 Å². The maximum Gasteiger partial charge on any atom is 0.189 e. The fraction of sp³-hybridized carbons (Fsp3) is 0.143. The molecule has 0 fully saturated rings. The van der Waals surface area contributed by atoms with Gasteiger partial charge in [0.15, 0.2) is 5.96 Å². The number of rotatable bonds is 4. The number of aliphatic imine (C=N–C) groups is 1. The van der Waals surface area contributed by atoms with E-state index < -0.39 is 6.04 Å². The van der Waals surface area contributed by atoms with Crippen LogP contribution in [0.25, 0.3) is 11.1 Å². The zero-order valence-electron chi connectivity index (χ0n) is 11.0. The largest absolute Gasteiger partial charge is 0.370 e. The molecule has 0 saturated carbocycles. The van der Waals surface area contributed by atoms with E-state index in [1.807, 2.05) is 24.3 Å². The number of nitrogens with zero attached hydrogens (tertiary/aromatic N) is 3. The molecule has 0 aliphatic rings. The highest BCUT2D eigenvalue weighted by molar-refractivity contribution is 5.82. The molecule has 102 valence electrons. The van der Waals surface area contributed by atoms with Crippen LogP contribution in [0.3, 0.4) is 0 Å². The molecule has 0 aliphatic heterocycles. The van der Waals surface area contributed by atoms with E-state index in [-0.39, 0.29) is 5.96 Å². The average molecular weight is 269 g/mol. The Labute approximate surface area is 116 Å². The summed E-state index contributed by atoms with van der Waals surface area (Å²) in [5, 5.41) is 2.84. The lowest BCUT2D eigenvalue weighted by Gasteiger charge is -2.14. The molecule has 2 rings (SSSR count). The van der Waals surface area contributed by atoms with Gasteiger partial charge in [0.1, 0.15) is 18.7 Å². The minimum Gasteiger partial charge on any atom is -0.370 e. The van der Waals surface area contributed by atoms with E-state index >= 15 is 0 Å². The summed E-state index contributed by atoms with van der Waals surface area (Å²) in [7, 11) is 1.56. The summed E-state index contributed by atoms with van der Waals surface area (Å²) < 4.78 is 0. The Morgan fingerprint density at radius 2 is 2.10 bits per heavy atom. The molecule has 1 atom stereocenters. The average Bonchev–Trinajstić information content (AvgIpc) is 2.53. The van der Waals surface area contributed by atoms with Gasteiger partial charge >= 0.3 is 0 Å². The third kappa shape index (κ3) is 3.17. The van der Waals surface area contributed by atoms with E-state index in [1.54, 1.807) is 19.4 Å². The standard InChI is InChI=1S/C14H15N5O/c1-16-14(15)19-13(8-20)11-4-2-3-10(5-11)12-6-17-9-18-7-12/h2-9,13H,1H3,(H3,15,16,19). The van der Waals surface area contributed by atoms with Gasteiger partial charge in [0.25, 0.3) is 0 Å². The Kier molecular flexibility index (Phi) is 4.39. The van der Waals surface area contributed by atoms with Crippen molar-refractivity contribution in [2.24, 2.45) is 10.7 Å². The molecule has 0 radical (unpaired) electrons. The summed E-state index contributed by atoms with van der Waals surface area (Å²) in [5.74, 6) is 0.218. The second kappa shape index (κ2) is 6.42. The summed E-state index contributed by atoms with van der Waals surface area (Å²) >= 11 is 0. The summed E-state index contributed by atoms with van der Waals surface area (Å²) in [5.41, 5.74) is 8.21. The van der Waals surface area contributed by atoms with Crippen molar-refractivity contribution in [3.05, 3.63) is 48.5 Å². The van der Waals surface area contributed by atoms with E-state index in [1.165, 1.54) is 6.33 Å². The van der Waals surface area contributed by atoms with Crippen LogP contribution in [0, 0.1) is 0 Å². The van der Waals surface area contributed by atoms with Gasteiger partial charge in [-0.1, -0.05) is 18.2 Å². The number of nitrogens with two attached hydrogens (primary N) is 1. The number of carbonyl (C=O) groups excluding carboxylic acids is 1. The van der Waals surface area contributed by atoms with Crippen LogP contribution >= 0.6 is 0 Å². The molecule has 0 amide bonds. The predicted octanol–water partition coefficient (Wildman–Crippen LogP) is 0.918. The molecule has 2 aromatic rings. The van der Waals surface area contributed by atoms with Gasteiger partial charge in [-0.2, -0.15) is 0 Å². The van der Waals surface area contributed by atoms with Crippen LogP contribution < -0.4 is 11.1 Å². The monoisotopic (exact) mass is 269 g/mol. The summed E-state index contributed by atoms with van der Waals surface area (Å²) in [6, 6.07) is 7.01. The zero-order valence-corrected chi connectivity index (χ0v) is 11.0. The van der Waals surface area contributed by atoms with E-state index in [9.17, 15) is 4.79 Å². The van der Waals surface area contributed by atoms with E-state index in [0.29, 0.717) is 0 Å². The number of carbonyl (C=O) groups is 1. The maximum atomic E-state index is 11.2. The Bertz CT molecular complexity index is 612. The van der Waals surface area contributed by atoms with Gasteiger partial charge < -0.3 is 15.8 Å². The van der Waals surface area contributed by atoms with Crippen molar-refractivity contribution in [2.45, 2.75) is 6.04 Å². The summed E-state index contributed by atoms with van der Waals surface area (Å²) in [6.07, 6.45) is 5.70. The molecular formula is C14H15N5O. The van der Waals surface area contributed by atoms with Crippen molar-refractivity contribution in [2.75, 3.05) is 7.05 Å². The first kappa shape index (κ1) is 13.7. The van der Waals surface area contributed by atoms with Crippen LogP contribution in [-0.2, 0) is 4.79 Å². The summed E-state index contributed by atoms with van der Waals surface area (Å²) in [4.78, 5) is 23.0. The van der Waals surface area contributed by atoms with E-state index in [2.05, 4.69) is 20.3 Å². The fourth-order valence-corrected chi connectivity index (χ4v) is 1.78. The molecule has 0 saturated heterocycles. The van der Waals surface area contributed by atoms with Gasteiger partial charge in [0, 0.05) is 25.0 Å². The molecule has 0 bridgehead atoms. The van der Waals surface area contributed by atoms with Crippen molar-refractivity contribution in [1.82, 2.24) is 15.3 Å². The molecule has 1 aromatic carbocycles. The highest BCUT2D eigenvalue weighted by atomic mass is 16.1. The second-order valence-corrected chi connectivity index (χ2v) is 4.12. The third-order valence-corrected chi connectivity index (χ3v) is 2.82. The minimum absolute atomic E-state index is 0.218. The van der Waals surface area contributed by atoms with Crippen molar-refractivity contribution < 1.29 is 4.79 Å². The summed E-state index contributed by atoms with van der Waals surface area (Å²) in [6.45, 7) is 0. The molecule has 0 aliphatic carbocycles.